The summed E-state index contributed by atoms with van der Waals surface area (Å²) in [5, 5.41) is 0. The summed E-state index contributed by atoms with van der Waals surface area (Å²) in [5.41, 5.74) is 0. The van der Waals surface area contributed by atoms with Gasteiger partial charge in [0.15, 0.2) is 0 Å². The Morgan fingerprint density at radius 2 is 1.03 bits per heavy atom. The molecule has 2 aromatic rings. The summed E-state index contributed by atoms with van der Waals surface area (Å²) >= 11 is 0. The van der Waals surface area contributed by atoms with Gasteiger partial charge in [-0.2, -0.15) is 0 Å². The molecular weight excluding hydrogens is 382 g/mol. The van der Waals surface area contributed by atoms with Gasteiger partial charge >= 0.3 is 12.2 Å². The third kappa shape index (κ3) is 10.3. The average molecular weight is 418 g/mol. The molecule has 0 fully saturated rings. The van der Waals surface area contributed by atoms with E-state index in [1.54, 1.807) is 24.8 Å². The molecule has 0 amide bonds. The molecule has 0 aromatic carbocycles. The molecule has 0 aliphatic carbocycles. The normalized spacial score (nSPS) is 10.8. The molecule has 0 bridgehead atoms. The zero-order valence-electron chi connectivity index (χ0n) is 17.9. The Labute approximate surface area is 179 Å². The number of carbonyl (C=O) groups excluding carboxylic acids is 2. The van der Waals surface area contributed by atoms with Crippen molar-refractivity contribution >= 4 is 12.2 Å². The second kappa shape index (κ2) is 15.3. The van der Waals surface area contributed by atoms with Crippen LogP contribution in [0, 0.1) is 0 Å². The monoisotopic (exact) mass is 417 g/mol. The van der Waals surface area contributed by atoms with Crippen molar-refractivity contribution in [3.05, 3.63) is 43.2 Å². The molecule has 0 atom stereocenters. The van der Waals surface area contributed by atoms with Gasteiger partial charge in [0.25, 0.3) is 0 Å². The lowest BCUT2D eigenvalue weighted by atomic mass is 10.1. The van der Waals surface area contributed by atoms with Crippen LogP contribution in [0.5, 0.6) is 0 Å². The summed E-state index contributed by atoms with van der Waals surface area (Å²) in [7, 11) is 0. The van der Waals surface area contributed by atoms with Crippen LogP contribution in [0.25, 0.3) is 0 Å². The quantitative estimate of drug-likeness (QED) is 0.330. The van der Waals surface area contributed by atoms with Crippen LogP contribution in [0.15, 0.2) is 43.2 Å². The number of ether oxygens (including phenoxy) is 2. The molecule has 0 saturated heterocycles. The number of carbonyl (C=O) groups is 2. The summed E-state index contributed by atoms with van der Waals surface area (Å²) in [4.78, 5) is 27.0. The molecular formula is C23H35N3O4. The highest BCUT2D eigenvalue weighted by atomic mass is 16.6. The van der Waals surface area contributed by atoms with E-state index in [0.717, 1.165) is 25.7 Å². The first-order chi connectivity index (χ1) is 14.8. The molecule has 30 heavy (non-hydrogen) atoms. The van der Waals surface area contributed by atoms with Gasteiger partial charge < -0.3 is 9.47 Å². The lowest BCUT2D eigenvalue weighted by Crippen LogP contribution is -2.12. The van der Waals surface area contributed by atoms with E-state index in [1.807, 2.05) is 12.1 Å². The average Bonchev–Trinajstić information content (AvgIpc) is 3.47. The number of nitrogens with zero attached hydrogens (tertiary/aromatic N) is 3. The highest BCUT2D eigenvalue weighted by Crippen LogP contribution is 2.12. The van der Waals surface area contributed by atoms with Gasteiger partial charge in [0.2, 0.25) is 0 Å². The fourth-order valence-corrected chi connectivity index (χ4v) is 3.26. The Kier molecular flexibility index (Phi) is 12.1. The summed E-state index contributed by atoms with van der Waals surface area (Å²) in [6.45, 7) is 0.975. The standard InChI is InChI=1S/C23H35N3O4/c27-22(25-16-11-12-17-25)29-19-13-9-7-5-3-1-2-4-6-8-10-14-20-30-23(28)26-18-15-24-21-26/h11-12,15-18,21H,1-10,13-14,19-20H2. The molecule has 2 heterocycles. The maximum Gasteiger partial charge on any atom is 0.419 e. The van der Waals surface area contributed by atoms with Gasteiger partial charge in [-0.3, -0.25) is 4.57 Å². The number of unbranched alkanes of at least 4 members (excludes halogenated alkanes) is 11. The second-order valence-electron chi connectivity index (χ2n) is 7.53. The molecule has 7 nitrogen and oxygen atoms in total. The Hall–Kier alpha value is -2.57. The van der Waals surface area contributed by atoms with Crippen LogP contribution in [0.3, 0.4) is 0 Å². The lowest BCUT2D eigenvalue weighted by molar-refractivity contribution is 0.144. The number of aromatic nitrogens is 3. The molecule has 0 N–H and O–H groups in total. The van der Waals surface area contributed by atoms with E-state index in [-0.39, 0.29) is 12.2 Å². The Balaban J connectivity index is 1.26. The van der Waals surface area contributed by atoms with Crippen LogP contribution in [-0.2, 0) is 9.47 Å². The molecule has 7 heteroatoms. The summed E-state index contributed by atoms with van der Waals surface area (Å²) in [5.74, 6) is 0. The van der Waals surface area contributed by atoms with Crippen molar-refractivity contribution in [3.63, 3.8) is 0 Å². The van der Waals surface area contributed by atoms with Crippen molar-refractivity contribution in [3.8, 4) is 0 Å². The Morgan fingerprint density at radius 3 is 1.47 bits per heavy atom. The molecule has 0 unspecified atom stereocenters. The molecule has 0 aliphatic rings. The van der Waals surface area contributed by atoms with Crippen molar-refractivity contribution in [1.82, 2.24) is 14.1 Å². The Bertz CT molecular complexity index is 623. The first-order valence-electron chi connectivity index (χ1n) is 11.2. The number of hydrogen-bond donors (Lipinski definition) is 0. The van der Waals surface area contributed by atoms with Gasteiger partial charge in [-0.1, -0.05) is 64.2 Å². The van der Waals surface area contributed by atoms with E-state index < -0.39 is 0 Å². The minimum Gasteiger partial charge on any atom is -0.449 e. The SMILES string of the molecule is O=C(OCCCCCCCCCCCCCCOC(=O)n1ccnc1)n1cccc1. The number of rotatable bonds is 15. The molecule has 166 valence electrons. The maximum absolute atomic E-state index is 11.6. The first-order valence-corrected chi connectivity index (χ1v) is 11.2. The van der Waals surface area contributed by atoms with E-state index in [0.29, 0.717) is 13.2 Å². The van der Waals surface area contributed by atoms with E-state index in [2.05, 4.69) is 4.98 Å². The van der Waals surface area contributed by atoms with E-state index in [4.69, 9.17) is 9.47 Å². The molecule has 0 aliphatic heterocycles. The predicted molar refractivity (Wildman–Crippen MR) is 116 cm³/mol. The van der Waals surface area contributed by atoms with Gasteiger partial charge in [-0.05, 0) is 25.0 Å². The van der Waals surface area contributed by atoms with Crippen LogP contribution < -0.4 is 0 Å². The zero-order valence-corrected chi connectivity index (χ0v) is 17.9. The van der Waals surface area contributed by atoms with Gasteiger partial charge in [0, 0.05) is 24.8 Å². The third-order valence-electron chi connectivity index (χ3n) is 5.02. The van der Waals surface area contributed by atoms with Crippen molar-refractivity contribution in [2.24, 2.45) is 0 Å². The lowest BCUT2D eigenvalue weighted by Gasteiger charge is -2.06. The first kappa shape index (κ1) is 23.7. The third-order valence-corrected chi connectivity index (χ3v) is 5.02. The molecule has 0 radical (unpaired) electrons. The van der Waals surface area contributed by atoms with Gasteiger partial charge in [0.05, 0.1) is 13.2 Å². The van der Waals surface area contributed by atoms with Crippen molar-refractivity contribution in [2.75, 3.05) is 13.2 Å². The van der Waals surface area contributed by atoms with Crippen LogP contribution >= 0.6 is 0 Å². The predicted octanol–water partition coefficient (Wildman–Crippen LogP) is 6.04. The van der Waals surface area contributed by atoms with Crippen molar-refractivity contribution in [2.45, 2.75) is 77.0 Å². The fraction of sp³-hybridized carbons (Fsp3) is 0.609. The van der Waals surface area contributed by atoms with E-state index in [9.17, 15) is 9.59 Å². The van der Waals surface area contributed by atoms with E-state index in [1.165, 1.54) is 66.8 Å². The minimum atomic E-state index is -0.356. The molecule has 2 aromatic heterocycles. The highest BCUT2D eigenvalue weighted by Gasteiger charge is 2.04. The molecule has 0 saturated carbocycles. The van der Waals surface area contributed by atoms with Crippen molar-refractivity contribution in [1.29, 1.82) is 0 Å². The van der Waals surface area contributed by atoms with Crippen molar-refractivity contribution < 1.29 is 19.1 Å². The maximum atomic E-state index is 11.6. The van der Waals surface area contributed by atoms with Gasteiger partial charge in [0.1, 0.15) is 6.33 Å². The Morgan fingerprint density at radius 1 is 0.600 bits per heavy atom. The van der Waals surface area contributed by atoms with E-state index >= 15 is 0 Å². The smallest absolute Gasteiger partial charge is 0.419 e. The van der Waals surface area contributed by atoms with Gasteiger partial charge in [-0.25, -0.2) is 19.1 Å². The highest BCUT2D eigenvalue weighted by molar-refractivity contribution is 5.70. The molecule has 0 spiro atoms. The summed E-state index contributed by atoms with van der Waals surface area (Å²) in [6.07, 6.45) is 21.5. The largest absolute Gasteiger partial charge is 0.449 e. The summed E-state index contributed by atoms with van der Waals surface area (Å²) < 4.78 is 13.2. The molecule has 2 rings (SSSR count). The van der Waals surface area contributed by atoms with Crippen LogP contribution in [-0.4, -0.2) is 39.5 Å². The second-order valence-corrected chi connectivity index (χ2v) is 7.53. The minimum absolute atomic E-state index is 0.296. The van der Waals surface area contributed by atoms with Crippen LogP contribution in [0.2, 0.25) is 0 Å². The van der Waals surface area contributed by atoms with Crippen LogP contribution in [0.4, 0.5) is 9.59 Å². The number of hydrogen-bond acceptors (Lipinski definition) is 5. The number of imidazole rings is 1. The van der Waals surface area contributed by atoms with Gasteiger partial charge in [-0.15, -0.1) is 0 Å². The summed E-state index contributed by atoms with van der Waals surface area (Å²) in [6, 6.07) is 3.62. The fourth-order valence-electron chi connectivity index (χ4n) is 3.26. The van der Waals surface area contributed by atoms with Crippen LogP contribution in [0.1, 0.15) is 77.0 Å². The topological polar surface area (TPSA) is 75.3 Å². The zero-order chi connectivity index (χ0) is 21.3.